The molecule has 2 bridgehead atoms. The van der Waals surface area contributed by atoms with Crippen LogP contribution in [0.15, 0.2) is 24.5 Å². The first-order chi connectivity index (χ1) is 12.6. The van der Waals surface area contributed by atoms with Gasteiger partial charge in [-0.05, 0) is 18.9 Å². The fourth-order valence-corrected chi connectivity index (χ4v) is 4.87. The van der Waals surface area contributed by atoms with Crippen LogP contribution in [0.3, 0.4) is 0 Å². The second-order valence-corrected chi connectivity index (χ2v) is 7.13. The lowest BCUT2D eigenvalue weighted by atomic mass is 9.52. The van der Waals surface area contributed by atoms with Crippen LogP contribution in [0.4, 0.5) is 0 Å². The maximum atomic E-state index is 10.2. The Morgan fingerprint density at radius 2 is 1.96 bits per heavy atom. The molecule has 4 rings (SSSR count). The molecular weight excluding hydrogens is 330 g/mol. The third-order valence-electron chi connectivity index (χ3n) is 6.05. The van der Waals surface area contributed by atoms with Crippen molar-refractivity contribution in [2.24, 2.45) is 16.7 Å². The standard InChI is InChI=1S/C19H17N5O2/c20-10-17(11-21)15(13-5-4-8-24-9-13)25-19-7-3-1-2-6-14(19)18(17,12-22)16(23)26-19/h4-5,8-9,14-15,23H,1-3,6-7H2/t14-,15-,18-,19+/m0/s1. The molecule has 130 valence electrons. The lowest BCUT2D eigenvalue weighted by Crippen LogP contribution is -2.59. The third kappa shape index (κ3) is 1.72. The van der Waals surface area contributed by atoms with Crippen molar-refractivity contribution in [3.05, 3.63) is 30.1 Å². The first-order valence-electron chi connectivity index (χ1n) is 8.70. The van der Waals surface area contributed by atoms with E-state index in [2.05, 4.69) is 23.2 Å². The summed E-state index contributed by atoms with van der Waals surface area (Å²) < 4.78 is 12.2. The van der Waals surface area contributed by atoms with Crippen LogP contribution in [-0.4, -0.2) is 16.7 Å². The molecule has 1 aromatic rings. The van der Waals surface area contributed by atoms with Gasteiger partial charge >= 0.3 is 0 Å². The summed E-state index contributed by atoms with van der Waals surface area (Å²) in [4.78, 5) is 4.08. The van der Waals surface area contributed by atoms with Crippen molar-refractivity contribution in [1.29, 1.82) is 21.2 Å². The molecule has 1 saturated carbocycles. The summed E-state index contributed by atoms with van der Waals surface area (Å²) in [6.07, 6.45) is 5.89. The molecule has 7 nitrogen and oxygen atoms in total. The van der Waals surface area contributed by atoms with E-state index in [9.17, 15) is 15.8 Å². The molecule has 1 N–H and O–H groups in total. The van der Waals surface area contributed by atoms with Gasteiger partial charge in [-0.15, -0.1) is 0 Å². The number of rotatable bonds is 1. The highest BCUT2D eigenvalue weighted by atomic mass is 16.7. The molecular formula is C19H17N5O2. The van der Waals surface area contributed by atoms with E-state index >= 15 is 0 Å². The average molecular weight is 347 g/mol. The predicted molar refractivity (Wildman–Crippen MR) is 87.9 cm³/mol. The minimum Gasteiger partial charge on any atom is -0.447 e. The third-order valence-corrected chi connectivity index (χ3v) is 6.05. The highest BCUT2D eigenvalue weighted by molar-refractivity contribution is 5.89. The fraction of sp³-hybridized carbons (Fsp3) is 0.526. The van der Waals surface area contributed by atoms with Gasteiger partial charge in [-0.3, -0.25) is 10.4 Å². The Hall–Kier alpha value is -2.95. The van der Waals surface area contributed by atoms with Gasteiger partial charge in [-0.2, -0.15) is 15.8 Å². The molecule has 3 heterocycles. The van der Waals surface area contributed by atoms with Gasteiger partial charge in [-0.1, -0.05) is 18.9 Å². The summed E-state index contributed by atoms with van der Waals surface area (Å²) in [5, 5.41) is 38.8. The highest BCUT2D eigenvalue weighted by Crippen LogP contribution is 2.68. The minimum atomic E-state index is -1.88. The zero-order valence-corrected chi connectivity index (χ0v) is 14.1. The number of nitrogens with one attached hydrogen (secondary N) is 1. The maximum Gasteiger partial charge on any atom is 0.217 e. The summed E-state index contributed by atoms with van der Waals surface area (Å²) in [6, 6.07) is 9.72. The molecule has 1 aromatic heterocycles. The maximum absolute atomic E-state index is 10.2. The van der Waals surface area contributed by atoms with Crippen molar-refractivity contribution in [3.63, 3.8) is 0 Å². The van der Waals surface area contributed by atoms with Crippen LogP contribution in [-0.2, 0) is 9.47 Å². The number of hydrogen-bond donors (Lipinski definition) is 1. The van der Waals surface area contributed by atoms with E-state index in [0.29, 0.717) is 18.4 Å². The van der Waals surface area contributed by atoms with Crippen molar-refractivity contribution in [1.82, 2.24) is 4.98 Å². The zero-order valence-electron chi connectivity index (χ0n) is 14.1. The van der Waals surface area contributed by atoms with Gasteiger partial charge in [0.05, 0.1) is 24.1 Å². The Morgan fingerprint density at radius 1 is 1.15 bits per heavy atom. The van der Waals surface area contributed by atoms with Crippen molar-refractivity contribution >= 4 is 5.90 Å². The Bertz CT molecular complexity index is 866. The average Bonchev–Trinajstić information content (AvgIpc) is 2.81. The molecule has 2 saturated heterocycles. The SMILES string of the molecule is N#CC1(C#N)[C@H](c2cccnc2)O[C@@]23CCCCC[C@H]2[C@@]1(C#N)C(=N)O3. The van der Waals surface area contributed by atoms with E-state index in [1.807, 2.05) is 0 Å². The van der Waals surface area contributed by atoms with Crippen LogP contribution < -0.4 is 0 Å². The highest BCUT2D eigenvalue weighted by Gasteiger charge is 2.80. The molecule has 2 aliphatic heterocycles. The molecule has 0 aromatic carbocycles. The number of hydrogen-bond acceptors (Lipinski definition) is 7. The van der Waals surface area contributed by atoms with E-state index in [4.69, 9.17) is 14.9 Å². The van der Waals surface area contributed by atoms with Crippen LogP contribution in [0.5, 0.6) is 0 Å². The summed E-state index contributed by atoms with van der Waals surface area (Å²) >= 11 is 0. The molecule has 3 fully saturated rings. The van der Waals surface area contributed by atoms with E-state index in [1.54, 1.807) is 18.3 Å². The minimum absolute atomic E-state index is 0.318. The summed E-state index contributed by atoms with van der Waals surface area (Å²) in [5.41, 5.74) is -2.99. The molecule has 1 aliphatic carbocycles. The van der Waals surface area contributed by atoms with Crippen LogP contribution in [0.25, 0.3) is 0 Å². The number of aromatic nitrogens is 1. The predicted octanol–water partition coefficient (Wildman–Crippen LogP) is 2.98. The van der Waals surface area contributed by atoms with Gasteiger partial charge in [0.2, 0.25) is 17.1 Å². The molecule has 0 radical (unpaired) electrons. The van der Waals surface area contributed by atoms with Crippen LogP contribution >= 0.6 is 0 Å². The van der Waals surface area contributed by atoms with Crippen LogP contribution in [0.1, 0.15) is 43.8 Å². The summed E-state index contributed by atoms with van der Waals surface area (Å²) in [5.74, 6) is -1.97. The first kappa shape index (κ1) is 16.5. The molecule has 0 amide bonds. The molecule has 4 atom stereocenters. The molecule has 7 heteroatoms. The van der Waals surface area contributed by atoms with Gasteiger partial charge in [0.1, 0.15) is 6.10 Å². The monoisotopic (exact) mass is 347 g/mol. The van der Waals surface area contributed by atoms with E-state index in [0.717, 1.165) is 19.3 Å². The number of nitriles is 3. The lowest BCUT2D eigenvalue weighted by Gasteiger charge is -2.49. The van der Waals surface area contributed by atoms with Crippen molar-refractivity contribution in [2.45, 2.75) is 44.0 Å². The van der Waals surface area contributed by atoms with Crippen molar-refractivity contribution in [3.8, 4) is 18.2 Å². The van der Waals surface area contributed by atoms with Gasteiger partial charge in [-0.25, -0.2) is 0 Å². The molecule has 0 spiro atoms. The summed E-state index contributed by atoms with van der Waals surface area (Å²) in [6.45, 7) is 0. The van der Waals surface area contributed by atoms with Crippen molar-refractivity contribution in [2.75, 3.05) is 0 Å². The fourth-order valence-electron chi connectivity index (χ4n) is 4.87. The van der Waals surface area contributed by atoms with Crippen LogP contribution in [0.2, 0.25) is 0 Å². The second-order valence-electron chi connectivity index (χ2n) is 7.13. The number of nitrogens with zero attached hydrogens (tertiary/aromatic N) is 4. The Kier molecular flexibility index (Phi) is 3.51. The quantitative estimate of drug-likeness (QED) is 0.832. The summed E-state index contributed by atoms with van der Waals surface area (Å²) in [7, 11) is 0. The van der Waals surface area contributed by atoms with Gasteiger partial charge in [0.25, 0.3) is 0 Å². The largest absolute Gasteiger partial charge is 0.447 e. The topological polar surface area (TPSA) is 127 Å². The smallest absolute Gasteiger partial charge is 0.217 e. The van der Waals surface area contributed by atoms with Gasteiger partial charge < -0.3 is 9.47 Å². The Balaban J connectivity index is 2.01. The molecule has 0 unspecified atom stereocenters. The number of pyridine rings is 1. The van der Waals surface area contributed by atoms with E-state index in [-0.39, 0.29) is 5.90 Å². The second kappa shape index (κ2) is 5.53. The Morgan fingerprint density at radius 3 is 2.62 bits per heavy atom. The van der Waals surface area contributed by atoms with Gasteiger partial charge in [0.15, 0.2) is 5.41 Å². The zero-order chi connectivity index (χ0) is 18.4. The van der Waals surface area contributed by atoms with Gasteiger partial charge in [0, 0.05) is 24.4 Å². The molecule has 3 aliphatic rings. The van der Waals surface area contributed by atoms with E-state index in [1.165, 1.54) is 6.20 Å². The first-order valence-corrected chi connectivity index (χ1v) is 8.70. The normalized spacial score (nSPS) is 37.2. The van der Waals surface area contributed by atoms with Crippen LogP contribution in [0, 0.1) is 56.2 Å². The number of ether oxygens (including phenoxy) is 2. The molecule has 26 heavy (non-hydrogen) atoms. The Labute approximate surface area is 151 Å². The van der Waals surface area contributed by atoms with Crippen molar-refractivity contribution < 1.29 is 9.47 Å². The lowest BCUT2D eigenvalue weighted by molar-refractivity contribution is -0.285. The van der Waals surface area contributed by atoms with E-state index < -0.39 is 28.6 Å².